The van der Waals surface area contributed by atoms with Gasteiger partial charge in [-0.05, 0) is 31.9 Å². The summed E-state index contributed by atoms with van der Waals surface area (Å²) in [6.07, 6.45) is 6.83. The first kappa shape index (κ1) is 10.3. The number of aromatic nitrogens is 1. The summed E-state index contributed by atoms with van der Waals surface area (Å²) in [5.74, 6) is 0.686. The van der Waals surface area contributed by atoms with Gasteiger partial charge in [0.05, 0.1) is 12.8 Å². The van der Waals surface area contributed by atoms with Gasteiger partial charge in [0.15, 0.2) is 0 Å². The minimum absolute atomic E-state index is 0.219. The van der Waals surface area contributed by atoms with E-state index in [0.29, 0.717) is 5.88 Å². The lowest BCUT2D eigenvalue weighted by Gasteiger charge is -2.27. The fraction of sp³-hybridized carbons (Fsp3) is 0.583. The van der Waals surface area contributed by atoms with Crippen LogP contribution in [0, 0.1) is 0 Å². The van der Waals surface area contributed by atoms with Gasteiger partial charge in [0, 0.05) is 11.7 Å². The molecule has 0 aliphatic heterocycles. The highest BCUT2D eigenvalue weighted by molar-refractivity contribution is 5.53. The number of hydrogen-bond acceptors (Lipinski definition) is 3. The summed E-state index contributed by atoms with van der Waals surface area (Å²) in [6.45, 7) is 2.27. The molecule has 0 spiro atoms. The molecule has 0 amide bonds. The molecule has 0 unspecified atom stereocenters. The van der Waals surface area contributed by atoms with E-state index in [4.69, 9.17) is 4.74 Å². The van der Waals surface area contributed by atoms with Crippen molar-refractivity contribution in [2.75, 3.05) is 12.4 Å². The summed E-state index contributed by atoms with van der Waals surface area (Å²) in [4.78, 5) is 4.19. The number of methoxy groups -OCH3 is 1. The van der Waals surface area contributed by atoms with E-state index in [1.807, 2.05) is 12.1 Å². The molecule has 1 fully saturated rings. The fourth-order valence-corrected chi connectivity index (χ4v) is 2.25. The molecule has 1 heterocycles. The Bertz CT molecular complexity index is 332. The lowest BCUT2D eigenvalue weighted by Crippen LogP contribution is -2.31. The zero-order chi connectivity index (χ0) is 10.7. The first-order valence-electron chi connectivity index (χ1n) is 5.51. The van der Waals surface area contributed by atoms with Crippen LogP contribution in [0.3, 0.4) is 0 Å². The Hall–Kier alpha value is -1.25. The Kier molecular flexibility index (Phi) is 2.80. The Balaban J connectivity index is 2.16. The van der Waals surface area contributed by atoms with Crippen LogP contribution in [0.4, 0.5) is 5.69 Å². The second kappa shape index (κ2) is 4.09. The van der Waals surface area contributed by atoms with Crippen LogP contribution >= 0.6 is 0 Å². The van der Waals surface area contributed by atoms with Crippen molar-refractivity contribution in [2.24, 2.45) is 0 Å². The molecular weight excluding hydrogens is 188 g/mol. The van der Waals surface area contributed by atoms with Crippen molar-refractivity contribution in [2.45, 2.75) is 38.1 Å². The topological polar surface area (TPSA) is 34.1 Å². The normalized spacial score (nSPS) is 18.8. The third-order valence-electron chi connectivity index (χ3n) is 3.11. The molecule has 2 rings (SSSR count). The number of nitrogens with zero attached hydrogens (tertiary/aromatic N) is 1. The van der Waals surface area contributed by atoms with Crippen molar-refractivity contribution >= 4 is 5.69 Å². The number of nitrogens with one attached hydrogen (secondary N) is 1. The molecule has 0 radical (unpaired) electrons. The van der Waals surface area contributed by atoms with Gasteiger partial charge in [-0.1, -0.05) is 12.8 Å². The molecule has 3 heteroatoms. The molecule has 0 aromatic carbocycles. The summed E-state index contributed by atoms with van der Waals surface area (Å²) in [5, 5.41) is 3.55. The number of anilines is 1. The Morgan fingerprint density at radius 3 is 2.80 bits per heavy atom. The van der Waals surface area contributed by atoms with Gasteiger partial charge in [0.1, 0.15) is 0 Å². The second-order valence-corrected chi connectivity index (χ2v) is 4.45. The van der Waals surface area contributed by atoms with Crippen LogP contribution in [-0.2, 0) is 0 Å². The van der Waals surface area contributed by atoms with Crippen LogP contribution in [0.2, 0.25) is 0 Å². The number of rotatable bonds is 3. The van der Waals surface area contributed by atoms with Gasteiger partial charge in [-0.3, -0.25) is 0 Å². The van der Waals surface area contributed by atoms with E-state index in [1.165, 1.54) is 25.7 Å². The van der Waals surface area contributed by atoms with Crippen molar-refractivity contribution in [3.8, 4) is 5.88 Å². The minimum atomic E-state index is 0.219. The van der Waals surface area contributed by atoms with Crippen molar-refractivity contribution < 1.29 is 4.74 Å². The highest BCUT2D eigenvalue weighted by Gasteiger charge is 2.29. The molecular formula is C12H18N2O. The van der Waals surface area contributed by atoms with E-state index in [0.717, 1.165) is 5.69 Å². The van der Waals surface area contributed by atoms with Crippen LogP contribution in [0.15, 0.2) is 18.3 Å². The van der Waals surface area contributed by atoms with Gasteiger partial charge < -0.3 is 10.1 Å². The highest BCUT2D eigenvalue weighted by Crippen LogP contribution is 2.34. The summed E-state index contributed by atoms with van der Waals surface area (Å²) < 4.78 is 5.23. The third-order valence-corrected chi connectivity index (χ3v) is 3.11. The summed E-state index contributed by atoms with van der Waals surface area (Å²) >= 11 is 0. The fourth-order valence-electron chi connectivity index (χ4n) is 2.25. The SMILES string of the molecule is COc1ncccc1NC1(C)CCCC1. The Labute approximate surface area is 90.9 Å². The Morgan fingerprint density at radius 2 is 2.13 bits per heavy atom. The van der Waals surface area contributed by atoms with Gasteiger partial charge in [-0.25, -0.2) is 4.98 Å². The van der Waals surface area contributed by atoms with Crippen molar-refractivity contribution in [1.82, 2.24) is 4.98 Å². The average molecular weight is 206 g/mol. The molecule has 1 N–H and O–H groups in total. The molecule has 1 aromatic heterocycles. The molecule has 3 nitrogen and oxygen atoms in total. The van der Waals surface area contributed by atoms with Crippen LogP contribution in [0.1, 0.15) is 32.6 Å². The largest absolute Gasteiger partial charge is 0.480 e. The second-order valence-electron chi connectivity index (χ2n) is 4.45. The third kappa shape index (κ3) is 2.22. The van der Waals surface area contributed by atoms with Gasteiger partial charge in [-0.15, -0.1) is 0 Å². The van der Waals surface area contributed by atoms with E-state index in [-0.39, 0.29) is 5.54 Å². The summed E-state index contributed by atoms with van der Waals surface area (Å²) in [6, 6.07) is 3.96. The average Bonchev–Trinajstić information content (AvgIpc) is 2.66. The van der Waals surface area contributed by atoms with E-state index in [2.05, 4.69) is 17.2 Å². The monoisotopic (exact) mass is 206 g/mol. The quantitative estimate of drug-likeness (QED) is 0.825. The molecule has 1 aromatic rings. The standard InChI is InChI=1S/C12H18N2O/c1-12(7-3-4-8-12)14-10-6-5-9-13-11(10)15-2/h5-6,9,14H,3-4,7-8H2,1-2H3. The predicted octanol–water partition coefficient (Wildman–Crippen LogP) is 2.83. The highest BCUT2D eigenvalue weighted by atomic mass is 16.5. The number of pyridine rings is 1. The first-order valence-corrected chi connectivity index (χ1v) is 5.51. The molecule has 1 saturated carbocycles. The van der Waals surface area contributed by atoms with Gasteiger partial charge >= 0.3 is 0 Å². The van der Waals surface area contributed by atoms with E-state index in [1.54, 1.807) is 13.3 Å². The first-order chi connectivity index (χ1) is 7.23. The van der Waals surface area contributed by atoms with E-state index >= 15 is 0 Å². The van der Waals surface area contributed by atoms with Gasteiger partial charge in [0.2, 0.25) is 5.88 Å². The van der Waals surface area contributed by atoms with Crippen molar-refractivity contribution in [3.05, 3.63) is 18.3 Å². The van der Waals surface area contributed by atoms with E-state index in [9.17, 15) is 0 Å². The molecule has 0 saturated heterocycles. The maximum absolute atomic E-state index is 5.23. The molecule has 1 aliphatic carbocycles. The van der Waals surface area contributed by atoms with E-state index < -0.39 is 0 Å². The summed E-state index contributed by atoms with van der Waals surface area (Å²) in [5.41, 5.74) is 1.22. The van der Waals surface area contributed by atoms with Crippen LogP contribution in [-0.4, -0.2) is 17.6 Å². The molecule has 1 aliphatic rings. The summed E-state index contributed by atoms with van der Waals surface area (Å²) in [7, 11) is 1.66. The molecule has 0 atom stereocenters. The molecule has 0 bridgehead atoms. The minimum Gasteiger partial charge on any atom is -0.480 e. The number of ether oxygens (including phenoxy) is 1. The lowest BCUT2D eigenvalue weighted by molar-refractivity contribution is 0.397. The van der Waals surface area contributed by atoms with Gasteiger partial charge in [0.25, 0.3) is 0 Å². The zero-order valence-electron chi connectivity index (χ0n) is 9.42. The smallest absolute Gasteiger partial charge is 0.237 e. The Morgan fingerprint density at radius 1 is 1.40 bits per heavy atom. The zero-order valence-corrected chi connectivity index (χ0v) is 9.42. The van der Waals surface area contributed by atoms with Crippen LogP contribution < -0.4 is 10.1 Å². The lowest BCUT2D eigenvalue weighted by atomic mass is 10.0. The maximum atomic E-state index is 5.23. The van der Waals surface area contributed by atoms with Crippen molar-refractivity contribution in [3.63, 3.8) is 0 Å². The van der Waals surface area contributed by atoms with Gasteiger partial charge in [-0.2, -0.15) is 0 Å². The predicted molar refractivity (Wildman–Crippen MR) is 61.3 cm³/mol. The maximum Gasteiger partial charge on any atom is 0.237 e. The van der Waals surface area contributed by atoms with Crippen LogP contribution in [0.5, 0.6) is 5.88 Å². The van der Waals surface area contributed by atoms with Crippen LogP contribution in [0.25, 0.3) is 0 Å². The number of hydrogen-bond donors (Lipinski definition) is 1. The van der Waals surface area contributed by atoms with Crippen molar-refractivity contribution in [1.29, 1.82) is 0 Å². The molecule has 15 heavy (non-hydrogen) atoms. The molecule has 82 valence electrons.